The smallest absolute Gasteiger partial charge is 0.250 e. The van der Waals surface area contributed by atoms with Gasteiger partial charge in [-0.05, 0) is 42.0 Å². The van der Waals surface area contributed by atoms with Crippen molar-refractivity contribution >= 4 is 28.5 Å². The first kappa shape index (κ1) is 18.6. The minimum atomic E-state index is -0.321. The second kappa shape index (κ2) is 8.46. The number of hydrogen-bond acceptors (Lipinski definition) is 5. The second-order valence-electron chi connectivity index (χ2n) is 5.48. The molecule has 5 nitrogen and oxygen atoms in total. The molecule has 0 aliphatic carbocycles. The van der Waals surface area contributed by atoms with Gasteiger partial charge in [-0.3, -0.25) is 10.1 Å². The number of hydrogen-bond donors (Lipinski definition) is 1. The van der Waals surface area contributed by atoms with E-state index in [9.17, 15) is 9.18 Å². The number of nitrogens with one attached hydrogen (secondary N) is 1. The van der Waals surface area contributed by atoms with Crippen molar-refractivity contribution in [2.45, 2.75) is 0 Å². The Bertz CT molecular complexity index is 968. The summed E-state index contributed by atoms with van der Waals surface area (Å²) in [6.45, 7) is 0. The number of methoxy groups -OCH3 is 2. The minimum absolute atomic E-state index is 0.320. The van der Waals surface area contributed by atoms with Crippen LogP contribution in [0.25, 0.3) is 17.3 Å². The molecule has 0 saturated heterocycles. The zero-order valence-electron chi connectivity index (χ0n) is 14.7. The fourth-order valence-corrected chi connectivity index (χ4v) is 3.08. The quantitative estimate of drug-likeness (QED) is 0.630. The van der Waals surface area contributed by atoms with Crippen LogP contribution < -0.4 is 14.8 Å². The average molecular weight is 384 g/mol. The minimum Gasteiger partial charge on any atom is -0.497 e. The van der Waals surface area contributed by atoms with E-state index in [0.29, 0.717) is 22.3 Å². The summed E-state index contributed by atoms with van der Waals surface area (Å²) in [6, 6.07) is 11.3. The Hall–Kier alpha value is -3.19. The predicted molar refractivity (Wildman–Crippen MR) is 105 cm³/mol. The van der Waals surface area contributed by atoms with Gasteiger partial charge < -0.3 is 9.47 Å². The summed E-state index contributed by atoms with van der Waals surface area (Å²) in [5.41, 5.74) is 2.18. The van der Waals surface area contributed by atoms with Crippen LogP contribution in [0.3, 0.4) is 0 Å². The molecule has 0 atom stereocenters. The third kappa shape index (κ3) is 4.71. The number of anilines is 1. The molecule has 138 valence electrons. The molecule has 0 radical (unpaired) electrons. The Labute approximate surface area is 160 Å². The zero-order chi connectivity index (χ0) is 19.2. The summed E-state index contributed by atoms with van der Waals surface area (Å²) in [4.78, 5) is 16.5. The number of benzene rings is 2. The summed E-state index contributed by atoms with van der Waals surface area (Å²) < 4.78 is 23.5. The number of carbonyl (C=O) groups excluding carboxylic acids is 1. The van der Waals surface area contributed by atoms with Crippen molar-refractivity contribution in [3.8, 4) is 22.8 Å². The first-order valence-corrected chi connectivity index (χ1v) is 8.89. The van der Waals surface area contributed by atoms with Gasteiger partial charge in [0.25, 0.3) is 0 Å². The number of amides is 1. The van der Waals surface area contributed by atoms with E-state index in [-0.39, 0.29) is 11.7 Å². The number of ether oxygens (including phenoxy) is 2. The predicted octanol–water partition coefficient (Wildman–Crippen LogP) is 4.62. The van der Waals surface area contributed by atoms with E-state index >= 15 is 0 Å². The van der Waals surface area contributed by atoms with Gasteiger partial charge in [0, 0.05) is 17.0 Å². The van der Waals surface area contributed by atoms with E-state index in [1.54, 1.807) is 44.6 Å². The van der Waals surface area contributed by atoms with E-state index < -0.39 is 0 Å². The molecule has 1 heterocycles. The number of aromatic nitrogens is 1. The maximum absolute atomic E-state index is 12.9. The molecule has 0 fully saturated rings. The lowest BCUT2D eigenvalue weighted by Crippen LogP contribution is -2.07. The first-order valence-electron chi connectivity index (χ1n) is 8.01. The van der Waals surface area contributed by atoms with Gasteiger partial charge in [0.1, 0.15) is 17.3 Å². The standard InChI is InChI=1S/C20H17FN2O3S/c1-25-15-8-9-18(26-2)16(11-15)17-12-27-20(22-17)23-19(24)10-5-13-3-6-14(21)7-4-13/h3-12H,1-2H3,(H,22,23,24)/b10-5+. The van der Waals surface area contributed by atoms with Crippen molar-refractivity contribution in [3.63, 3.8) is 0 Å². The van der Waals surface area contributed by atoms with Crippen molar-refractivity contribution in [2.24, 2.45) is 0 Å². The van der Waals surface area contributed by atoms with Crippen LogP contribution in [0, 0.1) is 5.82 Å². The third-order valence-electron chi connectivity index (χ3n) is 3.71. The van der Waals surface area contributed by atoms with Crippen LogP contribution in [0.2, 0.25) is 0 Å². The monoisotopic (exact) mass is 384 g/mol. The molecule has 1 aromatic heterocycles. The molecule has 27 heavy (non-hydrogen) atoms. The van der Waals surface area contributed by atoms with Crippen LogP contribution in [0.15, 0.2) is 53.9 Å². The van der Waals surface area contributed by atoms with Crippen molar-refractivity contribution in [3.05, 3.63) is 65.3 Å². The highest BCUT2D eigenvalue weighted by Gasteiger charge is 2.12. The van der Waals surface area contributed by atoms with Crippen LogP contribution in [0.4, 0.5) is 9.52 Å². The molecule has 0 bridgehead atoms. The van der Waals surface area contributed by atoms with Crippen molar-refractivity contribution in [2.75, 3.05) is 19.5 Å². The van der Waals surface area contributed by atoms with Gasteiger partial charge >= 0.3 is 0 Å². The number of carbonyl (C=O) groups is 1. The van der Waals surface area contributed by atoms with Crippen molar-refractivity contribution in [1.82, 2.24) is 4.98 Å². The van der Waals surface area contributed by atoms with Gasteiger partial charge in [0.2, 0.25) is 5.91 Å². The molecule has 2 aromatic carbocycles. The van der Waals surface area contributed by atoms with Crippen LogP contribution in [0.5, 0.6) is 11.5 Å². The molecule has 0 unspecified atom stereocenters. The SMILES string of the molecule is COc1ccc(OC)c(-c2csc(NC(=O)/C=C/c3ccc(F)cc3)n2)c1. The molecule has 7 heteroatoms. The van der Waals surface area contributed by atoms with E-state index in [1.807, 2.05) is 11.4 Å². The van der Waals surface area contributed by atoms with E-state index in [0.717, 1.165) is 11.1 Å². The van der Waals surface area contributed by atoms with E-state index in [1.165, 1.54) is 29.5 Å². The Morgan fingerprint density at radius 3 is 2.63 bits per heavy atom. The fraction of sp³-hybridized carbons (Fsp3) is 0.100. The van der Waals surface area contributed by atoms with Crippen molar-refractivity contribution < 1.29 is 18.7 Å². The van der Waals surface area contributed by atoms with Crippen molar-refractivity contribution in [1.29, 1.82) is 0 Å². The Balaban J connectivity index is 1.72. The molecule has 3 aromatic rings. The summed E-state index contributed by atoms with van der Waals surface area (Å²) in [5, 5.41) is 5.01. The van der Waals surface area contributed by atoms with Gasteiger partial charge in [-0.2, -0.15) is 0 Å². The highest BCUT2D eigenvalue weighted by Crippen LogP contribution is 2.35. The zero-order valence-corrected chi connectivity index (χ0v) is 15.5. The summed E-state index contributed by atoms with van der Waals surface area (Å²) in [7, 11) is 3.17. The number of rotatable bonds is 6. The highest BCUT2D eigenvalue weighted by molar-refractivity contribution is 7.14. The maximum atomic E-state index is 12.9. The molecular formula is C20H17FN2O3S. The largest absolute Gasteiger partial charge is 0.497 e. The van der Waals surface area contributed by atoms with Gasteiger partial charge in [-0.25, -0.2) is 9.37 Å². The van der Waals surface area contributed by atoms with Gasteiger partial charge in [0.05, 0.1) is 19.9 Å². The highest BCUT2D eigenvalue weighted by atomic mass is 32.1. The molecule has 1 amide bonds. The number of halogens is 1. The first-order chi connectivity index (χ1) is 13.1. The van der Waals surface area contributed by atoms with Crippen LogP contribution in [-0.4, -0.2) is 25.1 Å². The molecule has 0 spiro atoms. The fourth-order valence-electron chi connectivity index (χ4n) is 2.36. The lowest BCUT2D eigenvalue weighted by atomic mass is 10.1. The molecule has 0 aliphatic rings. The Kier molecular flexibility index (Phi) is 5.83. The third-order valence-corrected chi connectivity index (χ3v) is 4.47. The molecular weight excluding hydrogens is 367 g/mol. The van der Waals surface area contributed by atoms with Crippen LogP contribution in [-0.2, 0) is 4.79 Å². The van der Waals surface area contributed by atoms with Crippen LogP contribution in [0.1, 0.15) is 5.56 Å². The number of nitrogens with zero attached hydrogens (tertiary/aromatic N) is 1. The number of thiazole rings is 1. The topological polar surface area (TPSA) is 60.5 Å². The lowest BCUT2D eigenvalue weighted by molar-refractivity contribution is -0.111. The Morgan fingerprint density at radius 2 is 1.93 bits per heavy atom. The Morgan fingerprint density at radius 1 is 1.15 bits per heavy atom. The van der Waals surface area contributed by atoms with Crippen LogP contribution >= 0.6 is 11.3 Å². The normalized spacial score (nSPS) is 10.8. The van der Waals surface area contributed by atoms with Gasteiger partial charge in [0.15, 0.2) is 5.13 Å². The van der Waals surface area contributed by atoms with E-state index in [2.05, 4.69) is 10.3 Å². The van der Waals surface area contributed by atoms with Gasteiger partial charge in [-0.15, -0.1) is 11.3 Å². The molecule has 1 N–H and O–H groups in total. The molecule has 0 aliphatic heterocycles. The second-order valence-corrected chi connectivity index (χ2v) is 6.34. The van der Waals surface area contributed by atoms with Gasteiger partial charge in [-0.1, -0.05) is 12.1 Å². The summed E-state index contributed by atoms with van der Waals surface area (Å²) in [5.74, 6) is 0.708. The lowest BCUT2D eigenvalue weighted by Gasteiger charge is -2.08. The summed E-state index contributed by atoms with van der Waals surface area (Å²) in [6.07, 6.45) is 2.98. The summed E-state index contributed by atoms with van der Waals surface area (Å²) >= 11 is 1.31. The maximum Gasteiger partial charge on any atom is 0.250 e. The molecule has 0 saturated carbocycles. The average Bonchev–Trinajstić information content (AvgIpc) is 3.15. The van der Waals surface area contributed by atoms with E-state index in [4.69, 9.17) is 9.47 Å². The molecule has 3 rings (SSSR count).